The van der Waals surface area contributed by atoms with Gasteiger partial charge in [-0.1, -0.05) is 48.2 Å². The van der Waals surface area contributed by atoms with Crippen molar-refractivity contribution in [2.45, 2.75) is 37.5 Å². The molecule has 2 aromatic heterocycles. The Morgan fingerprint density at radius 1 is 0.968 bits per heavy atom. The molecule has 0 N–H and O–H groups in total. The summed E-state index contributed by atoms with van der Waals surface area (Å²) in [5.74, 6) is 1.07. The standard InChI is InChI=1S/C22H20F3N5S/c1-3-29-19(12-15(2)28-29)20-26-27-21(31-14-16-8-5-4-6-9-16)30(20)18-11-7-10-17(13-18)22(23,24)25/h4-13H,3,14H2,1-2H3. The summed E-state index contributed by atoms with van der Waals surface area (Å²) in [6.45, 7) is 4.42. The maximum absolute atomic E-state index is 13.4. The third kappa shape index (κ3) is 4.51. The first kappa shape index (κ1) is 21.2. The number of halogens is 3. The Bertz CT molecular complexity index is 1180. The first-order chi connectivity index (χ1) is 14.9. The monoisotopic (exact) mass is 443 g/mol. The summed E-state index contributed by atoms with van der Waals surface area (Å²) in [5, 5.41) is 13.6. The van der Waals surface area contributed by atoms with E-state index in [1.165, 1.54) is 17.8 Å². The predicted molar refractivity (Wildman–Crippen MR) is 114 cm³/mol. The van der Waals surface area contributed by atoms with Gasteiger partial charge in [-0.2, -0.15) is 18.3 Å². The topological polar surface area (TPSA) is 48.5 Å². The number of aryl methyl sites for hydroxylation is 2. The van der Waals surface area contributed by atoms with E-state index in [0.29, 0.717) is 34.7 Å². The molecule has 0 aliphatic rings. The van der Waals surface area contributed by atoms with Crippen molar-refractivity contribution in [1.82, 2.24) is 24.5 Å². The molecule has 0 spiro atoms. The van der Waals surface area contributed by atoms with Crippen molar-refractivity contribution >= 4 is 11.8 Å². The quantitative estimate of drug-likeness (QED) is 0.355. The molecule has 9 heteroatoms. The summed E-state index contributed by atoms with van der Waals surface area (Å²) in [5.41, 5.74) is 2.23. The van der Waals surface area contributed by atoms with Gasteiger partial charge >= 0.3 is 6.18 Å². The van der Waals surface area contributed by atoms with Gasteiger partial charge in [0.15, 0.2) is 11.0 Å². The van der Waals surface area contributed by atoms with Crippen LogP contribution in [0.2, 0.25) is 0 Å². The van der Waals surface area contributed by atoms with Crippen LogP contribution in [0.1, 0.15) is 23.7 Å². The molecule has 5 nitrogen and oxygen atoms in total. The Morgan fingerprint density at radius 3 is 2.45 bits per heavy atom. The third-order valence-corrected chi connectivity index (χ3v) is 5.71. The predicted octanol–water partition coefficient (Wildman–Crippen LogP) is 5.77. The van der Waals surface area contributed by atoms with Crippen molar-refractivity contribution in [2.24, 2.45) is 0 Å². The molecule has 2 heterocycles. The van der Waals surface area contributed by atoms with E-state index in [-0.39, 0.29) is 0 Å². The lowest BCUT2D eigenvalue weighted by molar-refractivity contribution is -0.137. The highest BCUT2D eigenvalue weighted by atomic mass is 32.2. The average molecular weight is 443 g/mol. The van der Waals surface area contributed by atoms with E-state index in [0.717, 1.165) is 23.4 Å². The van der Waals surface area contributed by atoms with Crippen LogP contribution in [-0.4, -0.2) is 24.5 Å². The first-order valence-electron chi connectivity index (χ1n) is 9.71. The van der Waals surface area contributed by atoms with Gasteiger partial charge < -0.3 is 0 Å². The van der Waals surface area contributed by atoms with Crippen LogP contribution in [0.5, 0.6) is 0 Å². The molecule has 160 valence electrons. The smallest absolute Gasteiger partial charge is 0.269 e. The summed E-state index contributed by atoms with van der Waals surface area (Å²) >= 11 is 1.42. The van der Waals surface area contributed by atoms with Crippen LogP contribution >= 0.6 is 11.8 Å². The summed E-state index contributed by atoms with van der Waals surface area (Å²) in [6.07, 6.45) is -4.44. The SMILES string of the molecule is CCn1nc(C)cc1-c1nnc(SCc2ccccc2)n1-c1cccc(C(F)(F)F)c1. The summed E-state index contributed by atoms with van der Waals surface area (Å²) in [6, 6.07) is 16.9. The maximum atomic E-state index is 13.4. The normalized spacial score (nSPS) is 11.8. The van der Waals surface area contributed by atoms with Crippen LogP contribution in [0.15, 0.2) is 65.8 Å². The molecule has 0 saturated heterocycles. The number of thioether (sulfide) groups is 1. The zero-order valence-electron chi connectivity index (χ0n) is 17.0. The van der Waals surface area contributed by atoms with Crippen molar-refractivity contribution in [3.8, 4) is 17.2 Å². The highest BCUT2D eigenvalue weighted by Gasteiger charge is 2.31. The second-order valence-corrected chi connectivity index (χ2v) is 7.89. The van der Waals surface area contributed by atoms with Crippen LogP contribution in [0.25, 0.3) is 17.2 Å². The molecule has 0 atom stereocenters. The number of benzene rings is 2. The van der Waals surface area contributed by atoms with E-state index in [1.54, 1.807) is 15.3 Å². The molecule has 0 saturated carbocycles. The van der Waals surface area contributed by atoms with Gasteiger partial charge in [0.1, 0.15) is 5.69 Å². The fourth-order valence-electron chi connectivity index (χ4n) is 3.27. The second kappa shape index (κ2) is 8.58. The third-order valence-electron chi connectivity index (χ3n) is 4.71. The molecular formula is C22H20F3N5S. The largest absolute Gasteiger partial charge is 0.416 e. The zero-order chi connectivity index (χ0) is 22.0. The highest BCUT2D eigenvalue weighted by molar-refractivity contribution is 7.98. The first-order valence-corrected chi connectivity index (χ1v) is 10.7. The Hall–Kier alpha value is -3.07. The van der Waals surface area contributed by atoms with Gasteiger partial charge in [-0.05, 0) is 43.7 Å². The van der Waals surface area contributed by atoms with Crippen LogP contribution < -0.4 is 0 Å². The van der Waals surface area contributed by atoms with Crippen molar-refractivity contribution in [2.75, 3.05) is 0 Å². The van der Waals surface area contributed by atoms with Crippen molar-refractivity contribution < 1.29 is 13.2 Å². The number of aromatic nitrogens is 5. The van der Waals surface area contributed by atoms with E-state index >= 15 is 0 Å². The van der Waals surface area contributed by atoms with Crippen LogP contribution in [0.4, 0.5) is 13.2 Å². The Labute approximate surface area is 181 Å². The lowest BCUT2D eigenvalue weighted by atomic mass is 10.2. The molecule has 0 aliphatic carbocycles. The Balaban J connectivity index is 1.82. The van der Waals surface area contributed by atoms with E-state index in [9.17, 15) is 13.2 Å². The lowest BCUT2D eigenvalue weighted by Gasteiger charge is -2.13. The molecule has 0 amide bonds. The number of alkyl halides is 3. The fourth-order valence-corrected chi connectivity index (χ4v) is 4.18. The summed E-state index contributed by atoms with van der Waals surface area (Å²) in [4.78, 5) is 0. The molecule has 0 radical (unpaired) electrons. The number of nitrogens with zero attached hydrogens (tertiary/aromatic N) is 5. The zero-order valence-corrected chi connectivity index (χ0v) is 17.8. The van der Waals surface area contributed by atoms with Crippen molar-refractivity contribution in [3.63, 3.8) is 0 Å². The number of rotatable bonds is 6. The van der Waals surface area contributed by atoms with Crippen molar-refractivity contribution in [3.05, 3.63) is 77.5 Å². The van der Waals surface area contributed by atoms with Crippen LogP contribution in [-0.2, 0) is 18.5 Å². The maximum Gasteiger partial charge on any atom is 0.416 e. The minimum atomic E-state index is -4.44. The van der Waals surface area contributed by atoms with Gasteiger partial charge in [0.2, 0.25) is 0 Å². The minimum Gasteiger partial charge on any atom is -0.269 e. The summed E-state index contributed by atoms with van der Waals surface area (Å²) in [7, 11) is 0. The molecule has 0 unspecified atom stereocenters. The molecule has 31 heavy (non-hydrogen) atoms. The van der Waals surface area contributed by atoms with E-state index in [2.05, 4.69) is 15.3 Å². The lowest BCUT2D eigenvalue weighted by Crippen LogP contribution is -2.08. The fraction of sp³-hybridized carbons (Fsp3) is 0.227. The minimum absolute atomic E-state index is 0.354. The number of hydrogen-bond acceptors (Lipinski definition) is 4. The van der Waals surface area contributed by atoms with Crippen molar-refractivity contribution in [1.29, 1.82) is 0 Å². The van der Waals surface area contributed by atoms with E-state index in [4.69, 9.17) is 0 Å². The molecule has 0 bridgehead atoms. The van der Waals surface area contributed by atoms with E-state index in [1.807, 2.05) is 50.2 Å². The van der Waals surface area contributed by atoms with Crippen LogP contribution in [0, 0.1) is 6.92 Å². The Kier molecular flexibility index (Phi) is 5.86. The average Bonchev–Trinajstić information content (AvgIpc) is 3.35. The highest BCUT2D eigenvalue weighted by Crippen LogP contribution is 2.34. The molecule has 4 aromatic rings. The number of hydrogen-bond donors (Lipinski definition) is 0. The van der Waals surface area contributed by atoms with Gasteiger partial charge in [-0.15, -0.1) is 10.2 Å². The van der Waals surface area contributed by atoms with Gasteiger partial charge in [-0.25, -0.2) is 0 Å². The molecule has 2 aromatic carbocycles. The molecule has 4 rings (SSSR count). The Morgan fingerprint density at radius 2 is 1.74 bits per heavy atom. The molecular weight excluding hydrogens is 423 g/mol. The molecule has 0 aliphatic heterocycles. The van der Waals surface area contributed by atoms with Gasteiger partial charge in [0.25, 0.3) is 0 Å². The molecule has 0 fully saturated rings. The van der Waals surface area contributed by atoms with Gasteiger partial charge in [0.05, 0.1) is 16.9 Å². The second-order valence-electron chi connectivity index (χ2n) is 6.95. The van der Waals surface area contributed by atoms with Gasteiger partial charge in [-0.3, -0.25) is 9.25 Å². The van der Waals surface area contributed by atoms with E-state index < -0.39 is 11.7 Å². The van der Waals surface area contributed by atoms with Crippen LogP contribution in [0.3, 0.4) is 0 Å². The summed E-state index contributed by atoms with van der Waals surface area (Å²) < 4.78 is 43.5. The van der Waals surface area contributed by atoms with Gasteiger partial charge in [0, 0.05) is 12.3 Å².